The molecule has 6 heteroatoms. The molecular formula is C9H18N2O3S. The van der Waals surface area contributed by atoms with E-state index in [1.807, 2.05) is 0 Å². The molecule has 0 aliphatic heterocycles. The maximum atomic E-state index is 11.1. The van der Waals surface area contributed by atoms with Crippen LogP contribution in [0.25, 0.3) is 0 Å². The Labute approximate surface area is 94.0 Å². The summed E-state index contributed by atoms with van der Waals surface area (Å²) in [5.74, 6) is 0.275. The molecule has 0 rings (SSSR count). The highest BCUT2D eigenvalue weighted by molar-refractivity contribution is 7.99. The Hall–Kier alpha value is -0.750. The molecule has 0 heterocycles. The number of hydrogen-bond acceptors (Lipinski definition) is 4. The van der Waals surface area contributed by atoms with Crippen molar-refractivity contribution in [3.8, 4) is 0 Å². The average Bonchev–Trinajstić information content (AvgIpc) is 2.16. The highest BCUT2D eigenvalue weighted by Crippen LogP contribution is 2.06. The Morgan fingerprint density at radius 2 is 2.07 bits per heavy atom. The van der Waals surface area contributed by atoms with Crippen LogP contribution in [0.15, 0.2) is 0 Å². The lowest BCUT2D eigenvalue weighted by Gasteiger charge is -2.10. The van der Waals surface area contributed by atoms with Gasteiger partial charge < -0.3 is 15.7 Å². The van der Waals surface area contributed by atoms with E-state index in [0.717, 1.165) is 12.2 Å². The average molecular weight is 234 g/mol. The van der Waals surface area contributed by atoms with Gasteiger partial charge in [-0.05, 0) is 12.2 Å². The van der Waals surface area contributed by atoms with E-state index < -0.39 is 12.0 Å². The van der Waals surface area contributed by atoms with Crippen LogP contribution in [-0.4, -0.2) is 53.5 Å². The SMILES string of the molecule is CN(C)C(=O)CCCSCC(N)C(=O)O. The van der Waals surface area contributed by atoms with Crippen molar-refractivity contribution in [1.29, 1.82) is 0 Å². The van der Waals surface area contributed by atoms with E-state index in [9.17, 15) is 9.59 Å². The molecule has 0 saturated heterocycles. The van der Waals surface area contributed by atoms with Gasteiger partial charge in [0.15, 0.2) is 0 Å². The molecule has 0 aromatic heterocycles. The fourth-order valence-corrected chi connectivity index (χ4v) is 1.74. The fourth-order valence-electron chi connectivity index (χ4n) is 0.831. The van der Waals surface area contributed by atoms with Crippen molar-refractivity contribution in [2.75, 3.05) is 25.6 Å². The molecule has 0 aromatic rings. The van der Waals surface area contributed by atoms with Crippen molar-refractivity contribution in [3.63, 3.8) is 0 Å². The lowest BCUT2D eigenvalue weighted by Crippen LogP contribution is -2.32. The van der Waals surface area contributed by atoms with E-state index in [-0.39, 0.29) is 5.91 Å². The Kier molecular flexibility index (Phi) is 7.15. The number of carboxylic acids is 1. The van der Waals surface area contributed by atoms with Crippen LogP contribution in [-0.2, 0) is 9.59 Å². The highest BCUT2D eigenvalue weighted by Gasteiger charge is 2.10. The lowest BCUT2D eigenvalue weighted by molar-refractivity contribution is -0.138. The normalized spacial score (nSPS) is 12.2. The monoisotopic (exact) mass is 234 g/mol. The summed E-state index contributed by atoms with van der Waals surface area (Å²) in [7, 11) is 3.44. The third-order valence-corrected chi connectivity index (χ3v) is 2.96. The fraction of sp³-hybridized carbons (Fsp3) is 0.778. The van der Waals surface area contributed by atoms with Crippen LogP contribution in [0.2, 0.25) is 0 Å². The molecule has 1 unspecified atom stereocenters. The van der Waals surface area contributed by atoms with Crippen molar-refractivity contribution >= 4 is 23.6 Å². The number of aliphatic carboxylic acids is 1. The zero-order valence-corrected chi connectivity index (χ0v) is 9.92. The Balaban J connectivity index is 3.40. The van der Waals surface area contributed by atoms with Crippen molar-refractivity contribution in [2.45, 2.75) is 18.9 Å². The van der Waals surface area contributed by atoms with Gasteiger partial charge in [0, 0.05) is 26.3 Å². The van der Waals surface area contributed by atoms with Crippen LogP contribution in [0.4, 0.5) is 0 Å². The Bertz CT molecular complexity index is 221. The van der Waals surface area contributed by atoms with Crippen molar-refractivity contribution in [3.05, 3.63) is 0 Å². The molecule has 3 N–H and O–H groups in total. The molecule has 1 amide bonds. The lowest BCUT2D eigenvalue weighted by atomic mass is 10.3. The molecule has 88 valence electrons. The van der Waals surface area contributed by atoms with Gasteiger partial charge in [0.1, 0.15) is 6.04 Å². The first-order chi connectivity index (χ1) is 6.95. The van der Waals surface area contributed by atoms with Gasteiger partial charge in [-0.3, -0.25) is 9.59 Å². The number of nitrogens with zero attached hydrogens (tertiary/aromatic N) is 1. The van der Waals surface area contributed by atoms with Gasteiger partial charge in [-0.1, -0.05) is 0 Å². The summed E-state index contributed by atoms with van der Waals surface area (Å²) in [5, 5.41) is 8.50. The number of hydrogen-bond donors (Lipinski definition) is 2. The number of amides is 1. The minimum absolute atomic E-state index is 0.0955. The van der Waals surface area contributed by atoms with Crippen molar-refractivity contribution in [2.24, 2.45) is 5.73 Å². The minimum atomic E-state index is -0.980. The molecule has 0 spiro atoms. The third kappa shape index (κ3) is 7.21. The summed E-state index contributed by atoms with van der Waals surface area (Å²) in [6.07, 6.45) is 1.26. The number of carboxylic acid groups (broad SMARTS) is 1. The highest BCUT2D eigenvalue weighted by atomic mass is 32.2. The number of rotatable bonds is 7. The predicted molar refractivity (Wildman–Crippen MR) is 60.9 cm³/mol. The molecule has 0 radical (unpaired) electrons. The van der Waals surface area contributed by atoms with Crippen LogP contribution < -0.4 is 5.73 Å². The zero-order valence-electron chi connectivity index (χ0n) is 9.10. The first-order valence-corrected chi connectivity index (χ1v) is 5.87. The predicted octanol–water partition coefficient (Wildman–Crippen LogP) is -0.0001000. The molecular weight excluding hydrogens is 216 g/mol. The molecule has 0 aliphatic carbocycles. The van der Waals surface area contributed by atoms with Gasteiger partial charge in [0.25, 0.3) is 0 Å². The number of carbonyl (C=O) groups excluding carboxylic acids is 1. The largest absolute Gasteiger partial charge is 0.480 e. The standard InChI is InChI=1S/C9H18N2O3S/c1-11(2)8(12)4-3-5-15-6-7(10)9(13)14/h7H,3-6,10H2,1-2H3,(H,13,14). The molecule has 0 aliphatic rings. The maximum absolute atomic E-state index is 11.1. The summed E-state index contributed by atoms with van der Waals surface area (Å²) in [4.78, 5) is 23.1. The van der Waals surface area contributed by atoms with E-state index in [1.54, 1.807) is 19.0 Å². The molecule has 5 nitrogen and oxygen atoms in total. The molecule has 1 atom stereocenters. The topological polar surface area (TPSA) is 83.6 Å². The summed E-state index contributed by atoms with van der Waals surface area (Å²) in [6, 6.07) is -0.806. The molecule has 15 heavy (non-hydrogen) atoms. The van der Waals surface area contributed by atoms with Gasteiger partial charge in [-0.15, -0.1) is 0 Å². The molecule has 0 aromatic carbocycles. The van der Waals surface area contributed by atoms with E-state index in [2.05, 4.69) is 0 Å². The summed E-state index contributed by atoms with van der Waals surface area (Å²) < 4.78 is 0. The second kappa shape index (κ2) is 7.53. The second-order valence-corrected chi connectivity index (χ2v) is 4.56. The first kappa shape index (κ1) is 14.2. The van der Waals surface area contributed by atoms with Gasteiger partial charge in [0.2, 0.25) is 5.91 Å². The number of thioether (sulfide) groups is 1. The van der Waals surface area contributed by atoms with E-state index in [4.69, 9.17) is 10.8 Å². The van der Waals surface area contributed by atoms with Crippen LogP contribution in [0, 0.1) is 0 Å². The quantitative estimate of drug-likeness (QED) is 0.606. The Morgan fingerprint density at radius 3 is 2.53 bits per heavy atom. The molecule has 0 bridgehead atoms. The van der Waals surface area contributed by atoms with E-state index in [1.165, 1.54) is 11.8 Å². The van der Waals surface area contributed by atoms with Gasteiger partial charge in [0.05, 0.1) is 0 Å². The molecule has 0 fully saturated rings. The summed E-state index contributed by atoms with van der Waals surface area (Å²) in [5.41, 5.74) is 5.31. The number of nitrogens with two attached hydrogens (primary N) is 1. The van der Waals surface area contributed by atoms with Gasteiger partial charge >= 0.3 is 5.97 Å². The van der Waals surface area contributed by atoms with E-state index >= 15 is 0 Å². The van der Waals surface area contributed by atoms with Crippen LogP contribution >= 0.6 is 11.8 Å². The molecule has 0 saturated carbocycles. The zero-order chi connectivity index (χ0) is 11.8. The smallest absolute Gasteiger partial charge is 0.321 e. The van der Waals surface area contributed by atoms with Crippen LogP contribution in [0.1, 0.15) is 12.8 Å². The van der Waals surface area contributed by atoms with Gasteiger partial charge in [-0.25, -0.2) is 0 Å². The van der Waals surface area contributed by atoms with Crippen molar-refractivity contribution < 1.29 is 14.7 Å². The van der Waals surface area contributed by atoms with Crippen molar-refractivity contribution in [1.82, 2.24) is 4.90 Å². The summed E-state index contributed by atoms with van der Waals surface area (Å²) in [6.45, 7) is 0. The first-order valence-electron chi connectivity index (χ1n) is 4.71. The Morgan fingerprint density at radius 1 is 1.47 bits per heavy atom. The number of carbonyl (C=O) groups is 2. The summed E-state index contributed by atoms with van der Waals surface area (Å²) >= 11 is 1.47. The minimum Gasteiger partial charge on any atom is -0.480 e. The maximum Gasteiger partial charge on any atom is 0.321 e. The third-order valence-electron chi connectivity index (χ3n) is 1.79. The second-order valence-electron chi connectivity index (χ2n) is 3.41. The van der Waals surface area contributed by atoms with Crippen LogP contribution in [0.5, 0.6) is 0 Å². The van der Waals surface area contributed by atoms with E-state index in [0.29, 0.717) is 12.2 Å². The van der Waals surface area contributed by atoms with Gasteiger partial charge in [-0.2, -0.15) is 11.8 Å². The van der Waals surface area contributed by atoms with Crippen LogP contribution in [0.3, 0.4) is 0 Å².